The zero-order valence-electron chi connectivity index (χ0n) is 16.2. The number of nitrogens with zero attached hydrogens (tertiary/aromatic N) is 1. The first kappa shape index (κ1) is 19.0. The van der Waals surface area contributed by atoms with Gasteiger partial charge in [-0.25, -0.2) is 0 Å². The number of rotatable bonds is 7. The van der Waals surface area contributed by atoms with Crippen LogP contribution in [-0.2, 0) is 17.9 Å². The first-order valence-corrected chi connectivity index (χ1v) is 9.76. The molecule has 1 aliphatic rings. The Bertz CT molecular complexity index is 903. The molecule has 1 aliphatic heterocycles. The first-order chi connectivity index (χ1) is 14.3. The van der Waals surface area contributed by atoms with Gasteiger partial charge >= 0.3 is 0 Å². The molecule has 0 spiro atoms. The first-order valence-electron chi connectivity index (χ1n) is 9.76. The van der Waals surface area contributed by atoms with Crippen molar-refractivity contribution in [2.45, 2.75) is 13.1 Å². The van der Waals surface area contributed by atoms with Gasteiger partial charge in [0.25, 0.3) is 0 Å². The number of carbonyl (C=O) groups excluding carboxylic acids is 1. The predicted octanol–water partition coefficient (Wildman–Crippen LogP) is 4.10. The lowest BCUT2D eigenvalue weighted by molar-refractivity contribution is -0.117. The van der Waals surface area contributed by atoms with Gasteiger partial charge in [-0.1, -0.05) is 60.7 Å². The molecule has 3 aromatic carbocycles. The maximum atomic E-state index is 12.7. The van der Waals surface area contributed by atoms with Crippen LogP contribution in [0.1, 0.15) is 11.1 Å². The van der Waals surface area contributed by atoms with Crippen LogP contribution in [0.3, 0.4) is 0 Å². The second-order valence-electron chi connectivity index (χ2n) is 7.02. The summed E-state index contributed by atoms with van der Waals surface area (Å²) in [4.78, 5) is 14.9. The molecule has 0 aliphatic carbocycles. The molecule has 4 rings (SSSR count). The molecule has 1 heterocycles. The number of nitrogens with one attached hydrogen (secondary N) is 1. The highest BCUT2D eigenvalue weighted by atomic mass is 16.6. The van der Waals surface area contributed by atoms with Crippen LogP contribution in [0.15, 0.2) is 78.9 Å². The Kier molecular flexibility index (Phi) is 6.07. The van der Waals surface area contributed by atoms with Gasteiger partial charge in [-0.05, 0) is 23.3 Å². The van der Waals surface area contributed by atoms with E-state index >= 15 is 0 Å². The summed E-state index contributed by atoms with van der Waals surface area (Å²) in [6, 6.07) is 25.9. The molecule has 0 atom stereocenters. The van der Waals surface area contributed by atoms with E-state index in [9.17, 15) is 4.79 Å². The van der Waals surface area contributed by atoms with Gasteiger partial charge < -0.3 is 14.8 Å². The van der Waals surface area contributed by atoms with Gasteiger partial charge in [0.1, 0.15) is 13.2 Å². The maximum absolute atomic E-state index is 12.7. The summed E-state index contributed by atoms with van der Waals surface area (Å²) in [7, 11) is 0. The Morgan fingerprint density at radius 2 is 1.38 bits per heavy atom. The van der Waals surface area contributed by atoms with Crippen LogP contribution in [0.5, 0.6) is 11.5 Å². The number of hydrogen-bond donors (Lipinski definition) is 1. The van der Waals surface area contributed by atoms with Gasteiger partial charge in [-0.15, -0.1) is 0 Å². The number of carbonyl (C=O) groups is 1. The summed E-state index contributed by atoms with van der Waals surface area (Å²) in [5.41, 5.74) is 3.06. The zero-order chi connectivity index (χ0) is 19.9. The summed E-state index contributed by atoms with van der Waals surface area (Å²) in [5, 5.41) is 2.98. The lowest BCUT2D eigenvalue weighted by Crippen LogP contribution is -2.32. The molecule has 5 heteroatoms. The molecule has 1 amide bonds. The van der Waals surface area contributed by atoms with E-state index in [4.69, 9.17) is 9.47 Å². The molecule has 29 heavy (non-hydrogen) atoms. The fourth-order valence-corrected chi connectivity index (χ4v) is 3.38. The van der Waals surface area contributed by atoms with Crippen LogP contribution < -0.4 is 14.8 Å². The van der Waals surface area contributed by atoms with E-state index < -0.39 is 0 Å². The van der Waals surface area contributed by atoms with Crippen LogP contribution in [0.4, 0.5) is 5.69 Å². The van der Waals surface area contributed by atoms with Crippen molar-refractivity contribution in [1.82, 2.24) is 4.90 Å². The Balaban J connectivity index is 1.43. The van der Waals surface area contributed by atoms with Crippen molar-refractivity contribution >= 4 is 11.6 Å². The highest BCUT2D eigenvalue weighted by Gasteiger charge is 2.15. The van der Waals surface area contributed by atoms with Crippen LogP contribution >= 0.6 is 0 Å². The molecule has 0 bridgehead atoms. The molecule has 0 unspecified atom stereocenters. The summed E-state index contributed by atoms with van der Waals surface area (Å²) in [6.07, 6.45) is 0. The van der Waals surface area contributed by atoms with Gasteiger partial charge in [0.05, 0.1) is 6.54 Å². The Labute approximate surface area is 170 Å². The van der Waals surface area contributed by atoms with Crippen molar-refractivity contribution in [3.8, 4) is 11.5 Å². The minimum Gasteiger partial charge on any atom is -0.486 e. The van der Waals surface area contributed by atoms with E-state index in [1.54, 1.807) is 0 Å². The van der Waals surface area contributed by atoms with Gasteiger partial charge in [0, 0.05) is 24.8 Å². The number of benzene rings is 3. The Hall–Kier alpha value is -3.31. The highest BCUT2D eigenvalue weighted by Crippen LogP contribution is 2.32. The van der Waals surface area contributed by atoms with Crippen molar-refractivity contribution in [1.29, 1.82) is 0 Å². The molecule has 0 saturated carbocycles. The van der Waals surface area contributed by atoms with Gasteiger partial charge in [-0.3, -0.25) is 9.69 Å². The summed E-state index contributed by atoms with van der Waals surface area (Å²) in [6.45, 7) is 2.76. The third-order valence-corrected chi connectivity index (χ3v) is 4.69. The molecule has 3 aromatic rings. The molecule has 0 saturated heterocycles. The van der Waals surface area contributed by atoms with Crippen molar-refractivity contribution in [3.05, 3.63) is 90.0 Å². The van der Waals surface area contributed by atoms with Crippen molar-refractivity contribution in [2.75, 3.05) is 25.1 Å². The molecular formula is C24H24N2O3. The summed E-state index contributed by atoms with van der Waals surface area (Å²) in [5.74, 6) is 1.32. The van der Waals surface area contributed by atoms with Crippen LogP contribution in [-0.4, -0.2) is 30.6 Å². The van der Waals surface area contributed by atoms with E-state index in [2.05, 4.69) is 34.5 Å². The fourth-order valence-electron chi connectivity index (χ4n) is 3.38. The molecule has 148 valence electrons. The number of amides is 1. The van der Waals surface area contributed by atoms with Gasteiger partial charge in [0.2, 0.25) is 5.91 Å². The average molecular weight is 388 g/mol. The van der Waals surface area contributed by atoms with Gasteiger partial charge in [0.15, 0.2) is 11.5 Å². The third-order valence-electron chi connectivity index (χ3n) is 4.69. The molecule has 0 radical (unpaired) electrons. The lowest BCUT2D eigenvalue weighted by atomic mass is 10.1. The number of anilines is 1. The third kappa shape index (κ3) is 5.36. The van der Waals surface area contributed by atoms with E-state index in [0.29, 0.717) is 43.5 Å². The van der Waals surface area contributed by atoms with E-state index in [1.165, 1.54) is 11.1 Å². The summed E-state index contributed by atoms with van der Waals surface area (Å²) >= 11 is 0. The van der Waals surface area contributed by atoms with Crippen molar-refractivity contribution in [3.63, 3.8) is 0 Å². The smallest absolute Gasteiger partial charge is 0.238 e. The van der Waals surface area contributed by atoms with Gasteiger partial charge in [-0.2, -0.15) is 0 Å². The fraction of sp³-hybridized carbons (Fsp3) is 0.208. The Morgan fingerprint density at radius 1 is 0.793 bits per heavy atom. The maximum Gasteiger partial charge on any atom is 0.238 e. The minimum atomic E-state index is -0.0615. The average Bonchev–Trinajstić information content (AvgIpc) is 2.75. The van der Waals surface area contributed by atoms with E-state index in [-0.39, 0.29) is 12.5 Å². The molecule has 0 fully saturated rings. The normalized spacial score (nSPS) is 12.6. The molecule has 0 aromatic heterocycles. The largest absolute Gasteiger partial charge is 0.486 e. The predicted molar refractivity (Wildman–Crippen MR) is 113 cm³/mol. The zero-order valence-corrected chi connectivity index (χ0v) is 16.2. The SMILES string of the molecule is O=C(CN(Cc1ccccc1)Cc1ccccc1)Nc1ccc2c(c1)OCCO2. The van der Waals surface area contributed by atoms with Crippen molar-refractivity contribution in [2.24, 2.45) is 0 Å². The van der Waals surface area contributed by atoms with Crippen LogP contribution in [0, 0.1) is 0 Å². The molecular weight excluding hydrogens is 364 g/mol. The van der Waals surface area contributed by atoms with E-state index in [1.807, 2.05) is 54.6 Å². The second kappa shape index (κ2) is 9.26. The standard InChI is InChI=1S/C24H24N2O3/c27-24(25-21-11-12-22-23(15-21)29-14-13-28-22)18-26(16-19-7-3-1-4-8-19)17-20-9-5-2-6-10-20/h1-12,15H,13-14,16-18H2,(H,25,27). The summed E-state index contributed by atoms with van der Waals surface area (Å²) < 4.78 is 11.1. The number of hydrogen-bond acceptors (Lipinski definition) is 4. The quantitative estimate of drug-likeness (QED) is 0.662. The van der Waals surface area contributed by atoms with Crippen molar-refractivity contribution < 1.29 is 14.3 Å². The topological polar surface area (TPSA) is 50.8 Å². The lowest BCUT2D eigenvalue weighted by Gasteiger charge is -2.23. The molecule has 5 nitrogen and oxygen atoms in total. The monoisotopic (exact) mass is 388 g/mol. The number of fused-ring (bicyclic) bond motifs is 1. The second-order valence-corrected chi connectivity index (χ2v) is 7.02. The van der Waals surface area contributed by atoms with Crippen LogP contribution in [0.25, 0.3) is 0 Å². The number of ether oxygens (including phenoxy) is 2. The Morgan fingerprint density at radius 3 is 2.00 bits per heavy atom. The van der Waals surface area contributed by atoms with Crippen LogP contribution in [0.2, 0.25) is 0 Å². The highest BCUT2D eigenvalue weighted by molar-refractivity contribution is 5.92. The van der Waals surface area contributed by atoms with E-state index in [0.717, 1.165) is 0 Å². The minimum absolute atomic E-state index is 0.0615. The molecule has 1 N–H and O–H groups in total.